The highest BCUT2D eigenvalue weighted by Crippen LogP contribution is 2.33. The SMILES string of the molecule is C[C@@]1(N2Cc3ccccc3C2=O)CCC(=O)NC1=O. The third-order valence-corrected chi connectivity index (χ3v) is 4.00. The minimum absolute atomic E-state index is 0.136. The molecule has 2 aliphatic heterocycles. The standard InChI is InChI=1S/C14H14N2O3/c1-14(7-6-11(17)15-13(14)19)16-8-9-4-2-3-5-10(9)12(16)18/h2-5H,6-8H2,1H3,(H,15,17,19)/t14-/m1/s1. The largest absolute Gasteiger partial charge is 0.320 e. The van der Waals surface area contributed by atoms with Gasteiger partial charge in [0.25, 0.3) is 11.8 Å². The van der Waals surface area contributed by atoms with E-state index in [-0.39, 0.29) is 24.1 Å². The van der Waals surface area contributed by atoms with Crippen LogP contribution in [0.2, 0.25) is 0 Å². The molecule has 2 aliphatic rings. The van der Waals surface area contributed by atoms with Gasteiger partial charge in [-0.3, -0.25) is 19.7 Å². The zero-order chi connectivity index (χ0) is 13.6. The molecule has 0 aromatic heterocycles. The molecule has 1 aromatic carbocycles. The number of rotatable bonds is 1. The Morgan fingerprint density at radius 2 is 1.95 bits per heavy atom. The predicted molar refractivity (Wildman–Crippen MR) is 67.1 cm³/mol. The first-order chi connectivity index (χ1) is 9.02. The molecule has 19 heavy (non-hydrogen) atoms. The number of hydrogen-bond donors (Lipinski definition) is 1. The summed E-state index contributed by atoms with van der Waals surface area (Å²) in [5.41, 5.74) is 0.635. The molecule has 1 saturated heterocycles. The fourth-order valence-corrected chi connectivity index (χ4v) is 2.70. The van der Waals surface area contributed by atoms with E-state index in [1.807, 2.05) is 18.2 Å². The van der Waals surface area contributed by atoms with Gasteiger partial charge in [-0.15, -0.1) is 0 Å². The van der Waals surface area contributed by atoms with E-state index < -0.39 is 5.54 Å². The third kappa shape index (κ3) is 1.65. The van der Waals surface area contributed by atoms with Gasteiger partial charge in [-0.1, -0.05) is 18.2 Å². The minimum atomic E-state index is -0.940. The Hall–Kier alpha value is -2.17. The zero-order valence-corrected chi connectivity index (χ0v) is 10.6. The third-order valence-electron chi connectivity index (χ3n) is 4.00. The summed E-state index contributed by atoms with van der Waals surface area (Å²) >= 11 is 0. The Kier molecular flexibility index (Phi) is 2.45. The van der Waals surface area contributed by atoms with Crippen molar-refractivity contribution >= 4 is 17.7 Å². The average Bonchev–Trinajstić information content (AvgIpc) is 2.73. The van der Waals surface area contributed by atoms with Crippen molar-refractivity contribution in [3.63, 3.8) is 0 Å². The Bertz CT molecular complexity index is 596. The monoisotopic (exact) mass is 258 g/mol. The molecule has 0 unspecified atom stereocenters. The molecule has 0 saturated carbocycles. The van der Waals surface area contributed by atoms with Crippen molar-refractivity contribution in [1.29, 1.82) is 0 Å². The van der Waals surface area contributed by atoms with Crippen molar-refractivity contribution in [2.45, 2.75) is 31.8 Å². The molecule has 0 radical (unpaired) electrons. The van der Waals surface area contributed by atoms with E-state index in [1.54, 1.807) is 17.9 Å². The summed E-state index contributed by atoms with van der Waals surface area (Å²) in [6.45, 7) is 2.14. The number of nitrogens with zero attached hydrogens (tertiary/aromatic N) is 1. The molecule has 0 aliphatic carbocycles. The van der Waals surface area contributed by atoms with Gasteiger partial charge in [0.2, 0.25) is 5.91 Å². The maximum atomic E-state index is 12.4. The van der Waals surface area contributed by atoms with Gasteiger partial charge < -0.3 is 4.90 Å². The molecule has 98 valence electrons. The Morgan fingerprint density at radius 3 is 2.63 bits per heavy atom. The number of imide groups is 1. The molecular formula is C14H14N2O3. The maximum Gasteiger partial charge on any atom is 0.255 e. The van der Waals surface area contributed by atoms with Crippen LogP contribution in [0, 0.1) is 0 Å². The average molecular weight is 258 g/mol. The fourth-order valence-electron chi connectivity index (χ4n) is 2.70. The number of piperidine rings is 1. The van der Waals surface area contributed by atoms with E-state index in [0.29, 0.717) is 18.5 Å². The summed E-state index contributed by atoms with van der Waals surface area (Å²) in [6, 6.07) is 7.35. The maximum absolute atomic E-state index is 12.4. The number of benzene rings is 1. The van der Waals surface area contributed by atoms with Crippen LogP contribution in [0.1, 0.15) is 35.7 Å². The Balaban J connectivity index is 1.95. The van der Waals surface area contributed by atoms with Gasteiger partial charge in [0.05, 0.1) is 0 Å². The van der Waals surface area contributed by atoms with Gasteiger partial charge in [-0.2, -0.15) is 0 Å². The lowest BCUT2D eigenvalue weighted by Crippen LogP contribution is -2.61. The smallest absolute Gasteiger partial charge is 0.255 e. The first-order valence-electron chi connectivity index (χ1n) is 6.26. The highest BCUT2D eigenvalue weighted by atomic mass is 16.2. The molecular weight excluding hydrogens is 244 g/mol. The number of amides is 3. The first kappa shape index (κ1) is 11.9. The predicted octanol–water partition coefficient (Wildman–Crippen LogP) is 0.838. The van der Waals surface area contributed by atoms with Gasteiger partial charge in [-0.25, -0.2) is 0 Å². The van der Waals surface area contributed by atoms with Gasteiger partial charge in [0, 0.05) is 18.5 Å². The van der Waals surface area contributed by atoms with Gasteiger partial charge in [-0.05, 0) is 25.0 Å². The van der Waals surface area contributed by atoms with E-state index in [2.05, 4.69) is 5.32 Å². The molecule has 5 heteroatoms. The number of nitrogens with one attached hydrogen (secondary N) is 1. The van der Waals surface area contributed by atoms with Crippen LogP contribution in [-0.2, 0) is 16.1 Å². The fraction of sp³-hybridized carbons (Fsp3) is 0.357. The number of hydrogen-bond acceptors (Lipinski definition) is 3. The highest BCUT2D eigenvalue weighted by molar-refractivity contribution is 6.07. The summed E-state index contributed by atoms with van der Waals surface area (Å²) in [7, 11) is 0. The molecule has 5 nitrogen and oxygen atoms in total. The topological polar surface area (TPSA) is 66.5 Å². The van der Waals surface area contributed by atoms with Gasteiger partial charge in [0.15, 0.2) is 0 Å². The van der Waals surface area contributed by atoms with E-state index in [4.69, 9.17) is 0 Å². The summed E-state index contributed by atoms with van der Waals surface area (Å²) in [6.07, 6.45) is 0.639. The second-order valence-corrected chi connectivity index (χ2v) is 5.20. The Morgan fingerprint density at radius 1 is 1.21 bits per heavy atom. The molecule has 2 heterocycles. The van der Waals surface area contributed by atoms with E-state index in [0.717, 1.165) is 5.56 Å². The number of fused-ring (bicyclic) bond motifs is 1. The van der Waals surface area contributed by atoms with Crippen LogP contribution in [-0.4, -0.2) is 28.2 Å². The summed E-state index contributed by atoms with van der Waals surface area (Å²) < 4.78 is 0. The van der Waals surface area contributed by atoms with Crippen molar-refractivity contribution < 1.29 is 14.4 Å². The van der Waals surface area contributed by atoms with Crippen LogP contribution >= 0.6 is 0 Å². The van der Waals surface area contributed by atoms with Gasteiger partial charge in [0.1, 0.15) is 5.54 Å². The second kappa shape index (κ2) is 3.91. The summed E-state index contributed by atoms with van der Waals surface area (Å²) in [4.78, 5) is 37.3. The molecule has 0 bridgehead atoms. The summed E-state index contributed by atoms with van der Waals surface area (Å²) in [5.74, 6) is -0.792. The van der Waals surface area contributed by atoms with Crippen molar-refractivity contribution in [2.24, 2.45) is 0 Å². The lowest BCUT2D eigenvalue weighted by molar-refractivity contribution is -0.142. The van der Waals surface area contributed by atoms with E-state index >= 15 is 0 Å². The lowest BCUT2D eigenvalue weighted by atomic mass is 9.89. The Labute approximate surface area is 110 Å². The zero-order valence-electron chi connectivity index (χ0n) is 10.6. The quantitative estimate of drug-likeness (QED) is 0.759. The van der Waals surface area contributed by atoms with Crippen LogP contribution in [0.5, 0.6) is 0 Å². The van der Waals surface area contributed by atoms with E-state index in [1.165, 1.54) is 0 Å². The normalized spacial score (nSPS) is 26.4. The van der Waals surface area contributed by atoms with Gasteiger partial charge >= 0.3 is 0 Å². The van der Waals surface area contributed by atoms with Crippen molar-refractivity contribution in [3.05, 3.63) is 35.4 Å². The molecule has 1 aromatic rings. The molecule has 3 rings (SSSR count). The number of carbonyl (C=O) groups is 3. The van der Waals surface area contributed by atoms with Crippen LogP contribution in [0.3, 0.4) is 0 Å². The van der Waals surface area contributed by atoms with E-state index in [9.17, 15) is 14.4 Å². The molecule has 1 atom stereocenters. The highest BCUT2D eigenvalue weighted by Gasteiger charge is 2.48. The van der Waals surface area contributed by atoms with Crippen LogP contribution < -0.4 is 5.32 Å². The molecule has 1 fully saturated rings. The molecule has 0 spiro atoms. The second-order valence-electron chi connectivity index (χ2n) is 5.20. The molecule has 1 N–H and O–H groups in total. The minimum Gasteiger partial charge on any atom is -0.320 e. The lowest BCUT2D eigenvalue weighted by Gasteiger charge is -2.39. The van der Waals surface area contributed by atoms with Crippen LogP contribution in [0.4, 0.5) is 0 Å². The van der Waals surface area contributed by atoms with Crippen molar-refractivity contribution in [1.82, 2.24) is 10.2 Å². The van der Waals surface area contributed by atoms with Crippen LogP contribution in [0.15, 0.2) is 24.3 Å². The first-order valence-corrected chi connectivity index (χ1v) is 6.26. The summed E-state index contributed by atoms with van der Waals surface area (Å²) in [5, 5.41) is 2.32. The van der Waals surface area contributed by atoms with Crippen molar-refractivity contribution in [3.8, 4) is 0 Å². The number of carbonyl (C=O) groups excluding carboxylic acids is 3. The molecule has 3 amide bonds. The van der Waals surface area contributed by atoms with Crippen LogP contribution in [0.25, 0.3) is 0 Å². The van der Waals surface area contributed by atoms with Crippen molar-refractivity contribution in [2.75, 3.05) is 0 Å².